The van der Waals surface area contributed by atoms with Crippen LogP contribution in [0.3, 0.4) is 0 Å². The van der Waals surface area contributed by atoms with E-state index >= 15 is 0 Å². The molecule has 1 rings (SSSR count). The zero-order chi connectivity index (χ0) is 13.5. The molecule has 0 heterocycles. The largest absolute Gasteiger partial charge is 0.496 e. The lowest BCUT2D eigenvalue weighted by atomic mass is 9.98. The van der Waals surface area contributed by atoms with Crippen molar-refractivity contribution in [3.63, 3.8) is 0 Å². The van der Waals surface area contributed by atoms with Crippen molar-refractivity contribution < 1.29 is 4.74 Å². The van der Waals surface area contributed by atoms with Gasteiger partial charge in [0.1, 0.15) is 5.75 Å². The Morgan fingerprint density at radius 1 is 1.33 bits per heavy atom. The van der Waals surface area contributed by atoms with Gasteiger partial charge in [0, 0.05) is 6.54 Å². The molecule has 0 aliphatic rings. The van der Waals surface area contributed by atoms with Crippen molar-refractivity contribution in [2.75, 3.05) is 26.7 Å². The van der Waals surface area contributed by atoms with Gasteiger partial charge in [-0.25, -0.2) is 0 Å². The maximum Gasteiger partial charge on any atom is 0.121 e. The molecule has 0 spiro atoms. The molecule has 0 N–H and O–H groups in total. The lowest BCUT2D eigenvalue weighted by Gasteiger charge is -2.21. The van der Waals surface area contributed by atoms with E-state index in [0.29, 0.717) is 0 Å². The second-order valence-corrected chi connectivity index (χ2v) is 4.40. The van der Waals surface area contributed by atoms with Gasteiger partial charge in [0.2, 0.25) is 0 Å². The first-order valence-corrected chi connectivity index (χ1v) is 6.42. The minimum Gasteiger partial charge on any atom is -0.496 e. The SMILES string of the molecule is CCN(CC)CC(C#N)c1ccc(OC)c(C)c1. The molecule has 1 unspecified atom stereocenters. The Bertz CT molecular complexity index is 419. The van der Waals surface area contributed by atoms with Crippen LogP contribution in [0.25, 0.3) is 0 Å². The molecule has 3 heteroatoms. The number of hydrogen-bond acceptors (Lipinski definition) is 3. The number of aryl methyl sites for hydroxylation is 1. The topological polar surface area (TPSA) is 36.3 Å². The Labute approximate surface area is 110 Å². The number of rotatable bonds is 6. The van der Waals surface area contributed by atoms with Crippen LogP contribution in [0.15, 0.2) is 18.2 Å². The normalized spacial score (nSPS) is 12.2. The van der Waals surface area contributed by atoms with Crippen LogP contribution in [0.5, 0.6) is 5.75 Å². The van der Waals surface area contributed by atoms with Crippen LogP contribution < -0.4 is 4.74 Å². The van der Waals surface area contributed by atoms with Gasteiger partial charge >= 0.3 is 0 Å². The quantitative estimate of drug-likeness (QED) is 0.774. The molecule has 0 aromatic heterocycles. The molecule has 1 atom stereocenters. The summed E-state index contributed by atoms with van der Waals surface area (Å²) in [5, 5.41) is 9.33. The molecule has 98 valence electrons. The van der Waals surface area contributed by atoms with Gasteiger partial charge in [-0.2, -0.15) is 5.26 Å². The van der Waals surface area contributed by atoms with Crippen LogP contribution in [0.4, 0.5) is 0 Å². The molecule has 0 bridgehead atoms. The van der Waals surface area contributed by atoms with E-state index in [1.165, 1.54) is 0 Å². The maximum absolute atomic E-state index is 9.33. The van der Waals surface area contributed by atoms with Gasteiger partial charge in [-0.1, -0.05) is 26.0 Å². The number of benzene rings is 1. The molecule has 1 aromatic rings. The van der Waals surface area contributed by atoms with Gasteiger partial charge in [0.25, 0.3) is 0 Å². The molecule has 0 saturated heterocycles. The summed E-state index contributed by atoms with van der Waals surface area (Å²) in [6.07, 6.45) is 0. The molecule has 1 aromatic carbocycles. The molecule has 0 radical (unpaired) electrons. The maximum atomic E-state index is 9.33. The second kappa shape index (κ2) is 7.03. The summed E-state index contributed by atoms with van der Waals surface area (Å²) in [6, 6.07) is 8.38. The Hall–Kier alpha value is -1.53. The average molecular weight is 246 g/mol. The van der Waals surface area contributed by atoms with Crippen molar-refractivity contribution in [2.24, 2.45) is 0 Å². The summed E-state index contributed by atoms with van der Waals surface area (Å²) in [6.45, 7) is 8.99. The summed E-state index contributed by atoms with van der Waals surface area (Å²) in [5.41, 5.74) is 2.15. The highest BCUT2D eigenvalue weighted by atomic mass is 16.5. The number of hydrogen-bond donors (Lipinski definition) is 0. The monoisotopic (exact) mass is 246 g/mol. The minimum absolute atomic E-state index is 0.0745. The summed E-state index contributed by atoms with van der Waals surface area (Å²) < 4.78 is 5.24. The zero-order valence-electron chi connectivity index (χ0n) is 11.7. The molecule has 0 amide bonds. The molecule has 18 heavy (non-hydrogen) atoms. The van der Waals surface area contributed by atoms with E-state index in [-0.39, 0.29) is 5.92 Å². The highest BCUT2D eigenvalue weighted by molar-refractivity contribution is 5.39. The molecule has 0 aliphatic heterocycles. The lowest BCUT2D eigenvalue weighted by molar-refractivity contribution is 0.298. The van der Waals surface area contributed by atoms with Crippen LogP contribution in [0, 0.1) is 18.3 Å². The predicted molar refractivity (Wildman–Crippen MR) is 73.9 cm³/mol. The van der Waals surface area contributed by atoms with Crippen molar-refractivity contribution in [3.05, 3.63) is 29.3 Å². The van der Waals surface area contributed by atoms with Crippen LogP contribution in [0.1, 0.15) is 30.9 Å². The lowest BCUT2D eigenvalue weighted by Crippen LogP contribution is -2.27. The van der Waals surface area contributed by atoms with Gasteiger partial charge < -0.3 is 9.64 Å². The summed E-state index contributed by atoms with van der Waals surface area (Å²) in [4.78, 5) is 2.27. The van der Waals surface area contributed by atoms with Gasteiger partial charge in [-0.05, 0) is 37.2 Å². The third-order valence-corrected chi connectivity index (χ3v) is 3.31. The fraction of sp³-hybridized carbons (Fsp3) is 0.533. The first-order chi connectivity index (χ1) is 8.65. The average Bonchev–Trinajstić information content (AvgIpc) is 2.40. The minimum atomic E-state index is -0.0745. The Kier molecular flexibility index (Phi) is 5.67. The first kappa shape index (κ1) is 14.5. The fourth-order valence-electron chi connectivity index (χ4n) is 2.08. The van der Waals surface area contributed by atoms with Crippen LogP contribution in [0.2, 0.25) is 0 Å². The van der Waals surface area contributed by atoms with Crippen LogP contribution >= 0.6 is 0 Å². The standard InChI is InChI=1S/C15H22N2O/c1-5-17(6-2)11-14(10-16)13-7-8-15(18-4)12(3)9-13/h7-9,14H,5-6,11H2,1-4H3. The molecule has 0 aliphatic carbocycles. The molecule has 3 nitrogen and oxygen atoms in total. The fourth-order valence-corrected chi connectivity index (χ4v) is 2.08. The van der Waals surface area contributed by atoms with Crippen LogP contribution in [-0.2, 0) is 0 Å². The second-order valence-electron chi connectivity index (χ2n) is 4.40. The molecule has 0 saturated carbocycles. The van der Waals surface area contributed by atoms with E-state index in [1.54, 1.807) is 7.11 Å². The van der Waals surface area contributed by atoms with E-state index in [1.807, 2.05) is 19.1 Å². The van der Waals surface area contributed by atoms with Crippen molar-refractivity contribution in [3.8, 4) is 11.8 Å². The Morgan fingerprint density at radius 2 is 2.00 bits per heavy atom. The molecule has 0 fully saturated rings. The van der Waals surface area contributed by atoms with Crippen LogP contribution in [-0.4, -0.2) is 31.6 Å². The van der Waals surface area contributed by atoms with E-state index in [2.05, 4.69) is 30.9 Å². The number of nitriles is 1. The smallest absolute Gasteiger partial charge is 0.121 e. The summed E-state index contributed by atoms with van der Waals surface area (Å²) in [5.74, 6) is 0.799. The Morgan fingerprint density at radius 3 is 2.44 bits per heavy atom. The summed E-state index contributed by atoms with van der Waals surface area (Å²) >= 11 is 0. The van der Waals surface area contributed by atoms with E-state index in [4.69, 9.17) is 4.74 Å². The number of likely N-dealkylation sites (N-methyl/N-ethyl adjacent to an activating group) is 1. The van der Waals surface area contributed by atoms with Crippen molar-refractivity contribution in [2.45, 2.75) is 26.7 Å². The van der Waals surface area contributed by atoms with Gasteiger partial charge in [0.15, 0.2) is 0 Å². The zero-order valence-corrected chi connectivity index (χ0v) is 11.7. The van der Waals surface area contributed by atoms with Crippen molar-refractivity contribution >= 4 is 0 Å². The number of nitrogens with zero attached hydrogens (tertiary/aromatic N) is 2. The third-order valence-electron chi connectivity index (χ3n) is 3.31. The third kappa shape index (κ3) is 3.48. The van der Waals surface area contributed by atoms with Crippen molar-refractivity contribution in [1.82, 2.24) is 4.90 Å². The van der Waals surface area contributed by atoms with E-state index < -0.39 is 0 Å². The Balaban J connectivity index is 2.89. The summed E-state index contributed by atoms with van der Waals surface area (Å²) in [7, 11) is 1.67. The van der Waals surface area contributed by atoms with Crippen molar-refractivity contribution in [1.29, 1.82) is 5.26 Å². The van der Waals surface area contributed by atoms with E-state index in [9.17, 15) is 5.26 Å². The first-order valence-electron chi connectivity index (χ1n) is 6.42. The van der Waals surface area contributed by atoms with Gasteiger partial charge in [-0.3, -0.25) is 0 Å². The van der Waals surface area contributed by atoms with E-state index in [0.717, 1.165) is 36.5 Å². The molecular weight excluding hydrogens is 224 g/mol. The highest BCUT2D eigenvalue weighted by Crippen LogP contribution is 2.24. The number of ether oxygens (including phenoxy) is 1. The predicted octanol–water partition coefficient (Wildman–Crippen LogP) is 2.95. The molecular formula is C15H22N2O. The number of methoxy groups -OCH3 is 1. The van der Waals surface area contributed by atoms with Gasteiger partial charge in [0.05, 0.1) is 19.1 Å². The highest BCUT2D eigenvalue weighted by Gasteiger charge is 2.15. The van der Waals surface area contributed by atoms with Gasteiger partial charge in [-0.15, -0.1) is 0 Å².